The highest BCUT2D eigenvalue weighted by molar-refractivity contribution is 7.91. The van der Waals surface area contributed by atoms with E-state index in [0.29, 0.717) is 12.0 Å². The number of benzene rings is 1. The van der Waals surface area contributed by atoms with Crippen LogP contribution < -0.4 is 4.74 Å². The lowest BCUT2D eigenvalue weighted by atomic mass is 10.2. The maximum absolute atomic E-state index is 12.4. The van der Waals surface area contributed by atoms with Crippen LogP contribution in [0.4, 0.5) is 5.69 Å². The van der Waals surface area contributed by atoms with Gasteiger partial charge in [0.05, 0.1) is 16.4 Å². The van der Waals surface area contributed by atoms with Crippen LogP contribution in [0.2, 0.25) is 0 Å². The first-order chi connectivity index (χ1) is 11.1. The minimum atomic E-state index is -3.11. The van der Waals surface area contributed by atoms with Crippen LogP contribution in [0.15, 0.2) is 18.2 Å². The van der Waals surface area contributed by atoms with Gasteiger partial charge in [0.2, 0.25) is 0 Å². The van der Waals surface area contributed by atoms with Gasteiger partial charge in [-0.2, -0.15) is 0 Å². The molecule has 1 aliphatic rings. The van der Waals surface area contributed by atoms with Crippen molar-refractivity contribution in [2.24, 2.45) is 0 Å². The summed E-state index contributed by atoms with van der Waals surface area (Å²) in [5, 5.41) is 11.1. The lowest BCUT2D eigenvalue weighted by Gasteiger charge is -2.26. The van der Waals surface area contributed by atoms with Crippen LogP contribution in [-0.2, 0) is 14.6 Å². The van der Waals surface area contributed by atoms with Gasteiger partial charge in [0.15, 0.2) is 21.7 Å². The number of ether oxygens (including phenoxy) is 1. The molecule has 1 saturated heterocycles. The maximum atomic E-state index is 12.4. The lowest BCUT2D eigenvalue weighted by molar-refractivity contribution is -0.386. The second-order valence-corrected chi connectivity index (χ2v) is 8.22. The molecular formula is C15H20N2O6S. The Hall–Kier alpha value is -2.16. The summed E-state index contributed by atoms with van der Waals surface area (Å²) in [6.45, 7) is 3.21. The largest absolute Gasteiger partial charge is 0.474 e. The summed E-state index contributed by atoms with van der Waals surface area (Å²) < 4.78 is 28.5. The summed E-state index contributed by atoms with van der Waals surface area (Å²) in [6.07, 6.45) is -0.568. The van der Waals surface area contributed by atoms with E-state index in [1.54, 1.807) is 13.0 Å². The molecule has 0 saturated carbocycles. The molecule has 0 spiro atoms. The molecule has 24 heavy (non-hydrogen) atoms. The number of rotatable bonds is 5. The third-order valence-electron chi connectivity index (χ3n) is 4.07. The summed E-state index contributed by atoms with van der Waals surface area (Å²) >= 11 is 0. The summed E-state index contributed by atoms with van der Waals surface area (Å²) in [6, 6.07) is 4.10. The highest BCUT2D eigenvalue weighted by Gasteiger charge is 2.35. The Morgan fingerprint density at radius 3 is 2.67 bits per heavy atom. The first kappa shape index (κ1) is 18.2. The molecule has 0 radical (unpaired) electrons. The first-order valence-electron chi connectivity index (χ1n) is 7.49. The highest BCUT2D eigenvalue weighted by Crippen LogP contribution is 2.29. The van der Waals surface area contributed by atoms with E-state index in [2.05, 4.69) is 0 Å². The topological polar surface area (TPSA) is 107 Å². The molecule has 0 aromatic heterocycles. The number of nitro benzene ring substituents is 1. The molecule has 1 aliphatic heterocycles. The zero-order valence-corrected chi connectivity index (χ0v) is 14.6. The zero-order valence-electron chi connectivity index (χ0n) is 13.8. The van der Waals surface area contributed by atoms with E-state index in [9.17, 15) is 23.3 Å². The molecule has 0 bridgehead atoms. The number of hydrogen-bond donors (Lipinski definition) is 0. The summed E-state index contributed by atoms with van der Waals surface area (Å²) in [5.41, 5.74) is 0.502. The third-order valence-corrected chi connectivity index (χ3v) is 5.82. The number of likely N-dealkylation sites (N-methyl/N-ethyl adjacent to an activating group) is 1. The van der Waals surface area contributed by atoms with Crippen LogP contribution in [0.25, 0.3) is 0 Å². The van der Waals surface area contributed by atoms with E-state index in [1.165, 1.54) is 31.0 Å². The minimum Gasteiger partial charge on any atom is -0.474 e. The second-order valence-electron chi connectivity index (χ2n) is 5.99. The van der Waals surface area contributed by atoms with Crippen LogP contribution in [0.1, 0.15) is 18.9 Å². The summed E-state index contributed by atoms with van der Waals surface area (Å²) in [7, 11) is -1.58. The van der Waals surface area contributed by atoms with Crippen molar-refractivity contribution >= 4 is 21.4 Å². The molecule has 0 aliphatic carbocycles. The number of amides is 1. The van der Waals surface area contributed by atoms with Crippen LogP contribution >= 0.6 is 0 Å². The van der Waals surface area contributed by atoms with Gasteiger partial charge in [0.1, 0.15) is 0 Å². The Morgan fingerprint density at radius 1 is 1.46 bits per heavy atom. The molecule has 1 fully saturated rings. The molecule has 9 heteroatoms. The first-order valence-corrected chi connectivity index (χ1v) is 9.31. The van der Waals surface area contributed by atoms with Crippen molar-refractivity contribution in [1.29, 1.82) is 0 Å². The summed E-state index contributed by atoms with van der Waals surface area (Å²) in [5.74, 6) is -0.397. The van der Waals surface area contributed by atoms with E-state index in [-0.39, 0.29) is 29.0 Å². The number of sulfone groups is 1. The molecule has 1 aromatic carbocycles. The van der Waals surface area contributed by atoms with Crippen LogP contribution in [0.5, 0.6) is 5.75 Å². The van der Waals surface area contributed by atoms with Crippen LogP contribution in [0, 0.1) is 17.0 Å². The number of hydrogen-bond acceptors (Lipinski definition) is 6. The Kier molecular flexibility index (Phi) is 5.12. The number of nitro groups is 1. The van der Waals surface area contributed by atoms with E-state index in [0.717, 1.165) is 0 Å². The van der Waals surface area contributed by atoms with Gasteiger partial charge in [-0.1, -0.05) is 6.07 Å². The standard InChI is InChI=1S/C15H20N2O6S/c1-10-4-5-14(13(8-10)17(19)20)23-11(2)15(18)16(3)12-6-7-24(21,22)9-12/h4-5,8,11-12H,6-7,9H2,1-3H3/t11-,12-/m1/s1. The molecule has 0 N–H and O–H groups in total. The Labute approximate surface area is 140 Å². The van der Waals surface area contributed by atoms with Crippen molar-refractivity contribution in [3.8, 4) is 5.75 Å². The van der Waals surface area contributed by atoms with E-state index in [4.69, 9.17) is 4.74 Å². The van der Waals surface area contributed by atoms with Gasteiger partial charge in [0, 0.05) is 19.2 Å². The molecule has 1 amide bonds. The zero-order chi connectivity index (χ0) is 18.1. The molecule has 0 unspecified atom stereocenters. The monoisotopic (exact) mass is 356 g/mol. The van der Waals surface area contributed by atoms with Crippen LogP contribution in [0.3, 0.4) is 0 Å². The fourth-order valence-electron chi connectivity index (χ4n) is 2.66. The quantitative estimate of drug-likeness (QED) is 0.582. The molecule has 1 heterocycles. The molecule has 1 aromatic rings. The molecule has 132 valence electrons. The fraction of sp³-hybridized carbons (Fsp3) is 0.533. The van der Waals surface area contributed by atoms with E-state index in [1.807, 2.05) is 0 Å². The van der Waals surface area contributed by atoms with Gasteiger partial charge >= 0.3 is 5.69 Å². The Bertz CT molecular complexity index is 761. The predicted molar refractivity (Wildman–Crippen MR) is 87.8 cm³/mol. The normalized spacial score (nSPS) is 20.4. The average molecular weight is 356 g/mol. The number of carbonyl (C=O) groups is 1. The van der Waals surface area contributed by atoms with Gasteiger partial charge in [-0.15, -0.1) is 0 Å². The predicted octanol–water partition coefficient (Wildman–Crippen LogP) is 1.32. The Balaban J connectivity index is 2.11. The van der Waals surface area contributed by atoms with Gasteiger partial charge < -0.3 is 9.64 Å². The number of nitrogens with zero attached hydrogens (tertiary/aromatic N) is 2. The average Bonchev–Trinajstić information content (AvgIpc) is 2.87. The van der Waals surface area contributed by atoms with Crippen molar-refractivity contribution in [1.82, 2.24) is 4.90 Å². The SMILES string of the molecule is Cc1ccc(O[C@H](C)C(=O)N(C)[C@@H]2CCS(=O)(=O)C2)c([N+](=O)[O-])c1. The van der Waals surface area contributed by atoms with Crippen molar-refractivity contribution in [2.45, 2.75) is 32.4 Å². The molecule has 8 nitrogen and oxygen atoms in total. The van der Waals surface area contributed by atoms with Gasteiger partial charge in [-0.3, -0.25) is 14.9 Å². The van der Waals surface area contributed by atoms with E-state index >= 15 is 0 Å². The van der Waals surface area contributed by atoms with Crippen molar-refractivity contribution in [3.05, 3.63) is 33.9 Å². The van der Waals surface area contributed by atoms with Crippen molar-refractivity contribution < 1.29 is 22.9 Å². The smallest absolute Gasteiger partial charge is 0.311 e. The van der Waals surface area contributed by atoms with E-state index < -0.39 is 26.8 Å². The molecule has 2 atom stereocenters. The van der Waals surface area contributed by atoms with Gasteiger partial charge in [-0.05, 0) is 31.9 Å². The minimum absolute atomic E-state index is 0.0129. The Morgan fingerprint density at radius 2 is 2.12 bits per heavy atom. The second kappa shape index (κ2) is 6.76. The van der Waals surface area contributed by atoms with Crippen LogP contribution in [-0.4, -0.2) is 54.8 Å². The van der Waals surface area contributed by atoms with Crippen molar-refractivity contribution in [3.63, 3.8) is 0 Å². The molecular weight excluding hydrogens is 336 g/mol. The summed E-state index contributed by atoms with van der Waals surface area (Å²) in [4.78, 5) is 24.3. The van der Waals surface area contributed by atoms with Crippen molar-refractivity contribution in [2.75, 3.05) is 18.6 Å². The highest BCUT2D eigenvalue weighted by atomic mass is 32.2. The van der Waals surface area contributed by atoms with Gasteiger partial charge in [0.25, 0.3) is 5.91 Å². The number of aryl methyl sites for hydroxylation is 1. The maximum Gasteiger partial charge on any atom is 0.311 e. The third kappa shape index (κ3) is 4.02. The van der Waals surface area contributed by atoms with Gasteiger partial charge in [-0.25, -0.2) is 8.42 Å². The fourth-order valence-corrected chi connectivity index (χ4v) is 4.43. The number of carbonyl (C=O) groups excluding carboxylic acids is 1. The molecule has 2 rings (SSSR count). The lowest BCUT2D eigenvalue weighted by Crippen LogP contribution is -2.44.